The smallest absolute Gasteiger partial charge is 0.331 e. The predicted octanol–water partition coefficient (Wildman–Crippen LogP) is 5.07. The maximum Gasteiger partial charge on any atom is 0.331 e. The Bertz CT molecular complexity index is 1210. The highest BCUT2D eigenvalue weighted by molar-refractivity contribution is 6.03. The zero-order valence-electron chi connectivity index (χ0n) is 18.7. The number of benzene rings is 1. The Labute approximate surface area is 186 Å². The lowest BCUT2D eigenvalue weighted by atomic mass is 9.75. The molecule has 1 aliphatic carbocycles. The third kappa shape index (κ3) is 4.11. The molecule has 8 heteroatoms. The molecule has 1 amide bonds. The van der Waals surface area contributed by atoms with Crippen LogP contribution in [0.25, 0.3) is 21.9 Å². The Hall–Kier alpha value is -3.60. The van der Waals surface area contributed by atoms with Crippen molar-refractivity contribution in [2.45, 2.75) is 46.6 Å². The van der Waals surface area contributed by atoms with E-state index in [9.17, 15) is 9.59 Å². The van der Waals surface area contributed by atoms with Gasteiger partial charge in [0.2, 0.25) is 11.6 Å². The molecule has 2 unspecified atom stereocenters. The Morgan fingerprint density at radius 3 is 2.62 bits per heavy atom. The molecular weight excluding hydrogens is 406 g/mol. The van der Waals surface area contributed by atoms with Crippen LogP contribution in [0.4, 0.5) is 11.4 Å². The van der Waals surface area contributed by atoms with Gasteiger partial charge in [-0.1, -0.05) is 32.9 Å². The second kappa shape index (κ2) is 8.50. The Morgan fingerprint density at radius 1 is 1.25 bits per heavy atom. The molecular formula is C24H27N5O3. The number of hydrogen-bond acceptors (Lipinski definition) is 4. The molecule has 0 saturated heterocycles. The van der Waals surface area contributed by atoms with Gasteiger partial charge in [0.25, 0.3) is 0 Å². The van der Waals surface area contributed by atoms with Crippen LogP contribution in [0.2, 0.25) is 0 Å². The maximum absolute atomic E-state index is 13.2. The molecule has 1 aromatic carbocycles. The molecule has 3 aromatic rings. The van der Waals surface area contributed by atoms with Crippen LogP contribution in [0.1, 0.15) is 50.9 Å². The van der Waals surface area contributed by atoms with Crippen molar-refractivity contribution in [3.05, 3.63) is 47.4 Å². The number of aromatic nitrogens is 3. The highest BCUT2D eigenvalue weighted by atomic mass is 16.5. The van der Waals surface area contributed by atoms with Gasteiger partial charge in [-0.25, -0.2) is 14.6 Å². The predicted molar refractivity (Wildman–Crippen MR) is 121 cm³/mol. The molecule has 8 nitrogen and oxygen atoms in total. The largest absolute Gasteiger partial charge is 0.459 e. The number of nitrogens with zero attached hydrogens (tertiary/aromatic N) is 3. The van der Waals surface area contributed by atoms with Crippen molar-refractivity contribution < 1.29 is 14.3 Å². The normalized spacial score (nSPS) is 23.0. The van der Waals surface area contributed by atoms with Crippen molar-refractivity contribution in [3.8, 4) is 11.4 Å². The number of carbonyl (C=O) groups is 2. The van der Waals surface area contributed by atoms with E-state index in [2.05, 4.69) is 41.0 Å². The molecule has 0 radical (unpaired) electrons. The third-order valence-electron chi connectivity index (χ3n) is 6.10. The number of amides is 1. The first-order chi connectivity index (χ1) is 15.3. The summed E-state index contributed by atoms with van der Waals surface area (Å²) in [6.07, 6.45) is 3.41. The van der Waals surface area contributed by atoms with Crippen LogP contribution in [0.5, 0.6) is 0 Å². The first-order valence-electron chi connectivity index (χ1n) is 10.8. The number of esters is 1. The van der Waals surface area contributed by atoms with Crippen LogP contribution in [-0.2, 0) is 9.53 Å². The van der Waals surface area contributed by atoms with E-state index >= 15 is 0 Å². The van der Waals surface area contributed by atoms with Crippen molar-refractivity contribution in [1.82, 2.24) is 14.6 Å². The van der Waals surface area contributed by atoms with Gasteiger partial charge >= 0.3 is 5.97 Å². The van der Waals surface area contributed by atoms with Gasteiger partial charge in [0, 0.05) is 24.4 Å². The summed E-state index contributed by atoms with van der Waals surface area (Å²) in [4.78, 5) is 32.6. The highest BCUT2D eigenvalue weighted by Gasteiger charge is 2.35. The van der Waals surface area contributed by atoms with E-state index < -0.39 is 5.97 Å². The number of hydrogen-bond donors (Lipinski definition) is 2. The Balaban J connectivity index is 1.66. The second-order valence-electron chi connectivity index (χ2n) is 8.93. The number of nitrogens with one attached hydrogen (secondary N) is 2. The molecule has 0 aliphatic heterocycles. The molecule has 4 rings (SSSR count). The number of rotatable bonds is 4. The standard InChI is InChI=1S/C24H27N5O3/c1-13-9-14(2)21(15(3)10-13)32-24(31)20-19(25-5)12-29-23(20)27-22(28-29)17-7-6-8-18(11-17)26-16(4)30/h6-8,11-15,21H,9-10H2,1-4H3,(H,26,30)(H,27,28). The maximum atomic E-state index is 13.2. The average Bonchev–Trinajstić information content (AvgIpc) is 3.27. The second-order valence-corrected chi connectivity index (χ2v) is 8.93. The summed E-state index contributed by atoms with van der Waals surface area (Å²) < 4.78 is 7.51. The number of H-pyrrole nitrogens is 1. The quantitative estimate of drug-likeness (QED) is 0.444. The molecule has 2 N–H and O–H groups in total. The Morgan fingerprint density at radius 2 is 1.97 bits per heavy atom. The number of carbonyl (C=O) groups excluding carboxylic acids is 2. The first kappa shape index (κ1) is 21.6. The van der Waals surface area contributed by atoms with Crippen LogP contribution < -0.4 is 5.32 Å². The summed E-state index contributed by atoms with van der Waals surface area (Å²) in [7, 11) is 0. The minimum Gasteiger partial charge on any atom is -0.459 e. The molecule has 1 aliphatic rings. The van der Waals surface area contributed by atoms with E-state index in [0.717, 1.165) is 18.4 Å². The molecule has 1 fully saturated rings. The van der Waals surface area contributed by atoms with Crippen molar-refractivity contribution in [2.75, 3.05) is 5.32 Å². The summed E-state index contributed by atoms with van der Waals surface area (Å²) in [6.45, 7) is 15.4. The molecule has 2 heterocycles. The molecule has 0 spiro atoms. The summed E-state index contributed by atoms with van der Waals surface area (Å²) in [6, 6.07) is 7.24. The first-order valence-corrected chi connectivity index (χ1v) is 10.8. The lowest BCUT2D eigenvalue weighted by Gasteiger charge is -2.37. The van der Waals surface area contributed by atoms with Gasteiger partial charge in [0.1, 0.15) is 11.7 Å². The van der Waals surface area contributed by atoms with Crippen molar-refractivity contribution in [1.29, 1.82) is 0 Å². The fraction of sp³-hybridized carbons (Fsp3) is 0.417. The lowest BCUT2D eigenvalue weighted by Crippen LogP contribution is -2.37. The van der Waals surface area contributed by atoms with Crippen molar-refractivity contribution >= 4 is 28.9 Å². The van der Waals surface area contributed by atoms with Gasteiger partial charge in [-0.2, -0.15) is 0 Å². The van der Waals surface area contributed by atoms with Crippen molar-refractivity contribution in [2.24, 2.45) is 17.8 Å². The van der Waals surface area contributed by atoms with Gasteiger partial charge in [-0.15, -0.1) is 0 Å². The molecule has 2 aromatic heterocycles. The van der Waals surface area contributed by atoms with Gasteiger partial charge in [-0.3, -0.25) is 14.4 Å². The van der Waals surface area contributed by atoms with Gasteiger partial charge < -0.3 is 10.1 Å². The minimum atomic E-state index is -0.512. The molecule has 166 valence electrons. The van der Waals surface area contributed by atoms with Crippen LogP contribution in [-0.4, -0.2) is 32.6 Å². The summed E-state index contributed by atoms with van der Waals surface area (Å²) >= 11 is 0. The van der Waals surface area contributed by atoms with E-state index in [4.69, 9.17) is 11.3 Å². The van der Waals surface area contributed by atoms with Gasteiger partial charge in [0.05, 0.1) is 6.57 Å². The molecule has 2 atom stereocenters. The fourth-order valence-electron chi connectivity index (χ4n) is 4.89. The number of anilines is 1. The monoisotopic (exact) mass is 433 g/mol. The summed E-state index contributed by atoms with van der Waals surface area (Å²) in [5.41, 5.74) is 2.12. The number of aromatic amines is 1. The van der Waals surface area contributed by atoms with Crippen molar-refractivity contribution in [3.63, 3.8) is 0 Å². The molecule has 1 saturated carbocycles. The average molecular weight is 434 g/mol. The fourth-order valence-corrected chi connectivity index (χ4v) is 4.89. The third-order valence-corrected chi connectivity index (χ3v) is 6.10. The van der Waals surface area contributed by atoms with Crippen LogP contribution in [0.3, 0.4) is 0 Å². The van der Waals surface area contributed by atoms with E-state index in [1.54, 1.807) is 22.8 Å². The number of ether oxygens (including phenoxy) is 1. The summed E-state index contributed by atoms with van der Waals surface area (Å²) in [5, 5.41) is 5.86. The lowest BCUT2D eigenvalue weighted by molar-refractivity contribution is -0.114. The topological polar surface area (TPSA) is 92.9 Å². The number of fused-ring (bicyclic) bond motifs is 1. The van der Waals surface area contributed by atoms with Crippen LogP contribution in [0, 0.1) is 24.3 Å². The zero-order valence-corrected chi connectivity index (χ0v) is 18.7. The highest BCUT2D eigenvalue weighted by Crippen LogP contribution is 2.36. The van der Waals surface area contributed by atoms with Crippen LogP contribution >= 0.6 is 0 Å². The van der Waals surface area contributed by atoms with E-state index in [1.807, 2.05) is 12.1 Å². The van der Waals surface area contributed by atoms with E-state index in [0.29, 0.717) is 23.1 Å². The van der Waals surface area contributed by atoms with E-state index in [-0.39, 0.29) is 35.1 Å². The summed E-state index contributed by atoms with van der Waals surface area (Å²) in [5.74, 6) is 0.976. The minimum absolute atomic E-state index is 0.165. The van der Waals surface area contributed by atoms with Gasteiger partial charge in [0.15, 0.2) is 11.5 Å². The molecule has 32 heavy (non-hydrogen) atoms. The van der Waals surface area contributed by atoms with Crippen LogP contribution in [0.15, 0.2) is 30.5 Å². The Kier molecular flexibility index (Phi) is 5.74. The molecule has 0 bridgehead atoms. The zero-order chi connectivity index (χ0) is 23.0. The SMILES string of the molecule is [C-]#[N+]c1cn2[nH]c(-c3cccc(NC(C)=O)c3)nc2c1C(=O)OC1C(C)CC(C)CC1C. The van der Waals surface area contributed by atoms with E-state index in [1.165, 1.54) is 6.92 Å². The van der Waals surface area contributed by atoms with Gasteiger partial charge in [-0.05, 0) is 42.7 Å².